The van der Waals surface area contributed by atoms with Gasteiger partial charge in [-0.2, -0.15) is 0 Å². The van der Waals surface area contributed by atoms with Crippen LogP contribution in [0.15, 0.2) is 60.8 Å². The second-order valence-corrected chi connectivity index (χ2v) is 6.04. The highest BCUT2D eigenvalue weighted by atomic mass is 19.1. The van der Waals surface area contributed by atoms with Crippen molar-refractivity contribution in [2.75, 3.05) is 28.6 Å². The second kappa shape index (κ2) is 8.94. The SMILES string of the molecule is CCN(CC)c1ccc(NC(=O)c2ccnc(Nc3ccccc3F)n2)cc1. The van der Waals surface area contributed by atoms with Gasteiger partial charge in [0.2, 0.25) is 5.95 Å². The number of nitrogens with one attached hydrogen (secondary N) is 2. The number of nitrogens with zero attached hydrogens (tertiary/aromatic N) is 3. The fourth-order valence-corrected chi connectivity index (χ4v) is 2.77. The van der Waals surface area contributed by atoms with Crippen LogP contribution in [0.1, 0.15) is 24.3 Å². The summed E-state index contributed by atoms with van der Waals surface area (Å²) in [6, 6.07) is 15.3. The maximum Gasteiger partial charge on any atom is 0.274 e. The first kappa shape index (κ1) is 19.3. The van der Waals surface area contributed by atoms with Crippen molar-refractivity contribution in [2.45, 2.75) is 13.8 Å². The summed E-state index contributed by atoms with van der Waals surface area (Å²) in [6.07, 6.45) is 1.45. The molecule has 0 aliphatic heterocycles. The van der Waals surface area contributed by atoms with Gasteiger partial charge in [0.05, 0.1) is 5.69 Å². The molecule has 0 bridgehead atoms. The molecule has 0 saturated heterocycles. The molecule has 1 amide bonds. The summed E-state index contributed by atoms with van der Waals surface area (Å²) in [5.74, 6) is -0.640. The van der Waals surface area contributed by atoms with Gasteiger partial charge < -0.3 is 15.5 Å². The van der Waals surface area contributed by atoms with Crippen LogP contribution < -0.4 is 15.5 Å². The fraction of sp³-hybridized carbons (Fsp3) is 0.190. The summed E-state index contributed by atoms with van der Waals surface area (Å²) in [7, 11) is 0. The van der Waals surface area contributed by atoms with Crippen LogP contribution in [0.2, 0.25) is 0 Å². The van der Waals surface area contributed by atoms with Crippen molar-refractivity contribution < 1.29 is 9.18 Å². The summed E-state index contributed by atoms with van der Waals surface area (Å²) in [4.78, 5) is 22.9. The molecule has 2 aromatic carbocycles. The predicted molar refractivity (Wildman–Crippen MR) is 110 cm³/mol. The Balaban J connectivity index is 1.70. The van der Waals surface area contributed by atoms with Crippen LogP contribution in [0.3, 0.4) is 0 Å². The van der Waals surface area contributed by atoms with Crippen LogP contribution in [0, 0.1) is 5.82 Å². The highest BCUT2D eigenvalue weighted by Gasteiger charge is 2.11. The number of hydrogen-bond donors (Lipinski definition) is 2. The lowest BCUT2D eigenvalue weighted by Crippen LogP contribution is -2.21. The smallest absolute Gasteiger partial charge is 0.274 e. The van der Waals surface area contributed by atoms with E-state index in [-0.39, 0.29) is 23.2 Å². The van der Waals surface area contributed by atoms with Gasteiger partial charge in [-0.25, -0.2) is 14.4 Å². The first-order chi connectivity index (χ1) is 13.6. The number of benzene rings is 2. The largest absolute Gasteiger partial charge is 0.372 e. The van der Waals surface area contributed by atoms with E-state index >= 15 is 0 Å². The van der Waals surface area contributed by atoms with Crippen molar-refractivity contribution in [1.29, 1.82) is 0 Å². The van der Waals surface area contributed by atoms with Crippen molar-refractivity contribution in [2.24, 2.45) is 0 Å². The Kier molecular flexibility index (Phi) is 6.16. The van der Waals surface area contributed by atoms with Crippen molar-refractivity contribution in [1.82, 2.24) is 9.97 Å². The maximum atomic E-state index is 13.8. The molecule has 1 heterocycles. The van der Waals surface area contributed by atoms with Crippen LogP contribution in [0.5, 0.6) is 0 Å². The van der Waals surface area contributed by atoms with Gasteiger partial charge in [0, 0.05) is 30.7 Å². The zero-order valence-corrected chi connectivity index (χ0v) is 15.8. The third kappa shape index (κ3) is 4.62. The molecule has 7 heteroatoms. The third-order valence-corrected chi connectivity index (χ3v) is 4.26. The Labute approximate surface area is 163 Å². The Bertz CT molecular complexity index is 942. The number of aromatic nitrogens is 2. The molecule has 0 saturated carbocycles. The van der Waals surface area contributed by atoms with E-state index in [0.29, 0.717) is 5.69 Å². The zero-order chi connectivity index (χ0) is 19.9. The summed E-state index contributed by atoms with van der Waals surface area (Å²) >= 11 is 0. The average molecular weight is 379 g/mol. The van der Waals surface area contributed by atoms with E-state index < -0.39 is 5.82 Å². The van der Waals surface area contributed by atoms with E-state index in [9.17, 15) is 9.18 Å². The molecule has 0 radical (unpaired) electrons. The Morgan fingerprint density at radius 3 is 2.43 bits per heavy atom. The number of hydrogen-bond acceptors (Lipinski definition) is 5. The molecule has 0 fully saturated rings. The van der Waals surface area contributed by atoms with E-state index in [1.165, 1.54) is 18.3 Å². The molecule has 0 aliphatic carbocycles. The number of amides is 1. The first-order valence-electron chi connectivity index (χ1n) is 9.11. The minimum Gasteiger partial charge on any atom is -0.372 e. The normalized spacial score (nSPS) is 10.4. The minimum atomic E-state index is -0.422. The molecule has 0 aliphatic rings. The number of anilines is 4. The second-order valence-electron chi connectivity index (χ2n) is 6.04. The van der Waals surface area contributed by atoms with Crippen LogP contribution in [0.25, 0.3) is 0 Å². The standard InChI is InChI=1S/C21H22FN5O/c1-3-27(4-2)16-11-9-15(10-12-16)24-20(28)19-13-14-23-21(26-19)25-18-8-6-5-7-17(18)22/h5-14H,3-4H2,1-2H3,(H,24,28)(H,23,25,26). The van der Waals surface area contributed by atoms with E-state index in [1.807, 2.05) is 24.3 Å². The molecular weight excluding hydrogens is 357 g/mol. The van der Waals surface area contributed by atoms with Crippen LogP contribution in [-0.4, -0.2) is 29.0 Å². The number of rotatable bonds is 7. The van der Waals surface area contributed by atoms with E-state index in [4.69, 9.17) is 0 Å². The van der Waals surface area contributed by atoms with Gasteiger partial charge >= 0.3 is 0 Å². The van der Waals surface area contributed by atoms with Gasteiger partial charge in [0.1, 0.15) is 11.5 Å². The maximum absolute atomic E-state index is 13.8. The Morgan fingerprint density at radius 1 is 1.04 bits per heavy atom. The van der Waals surface area contributed by atoms with Gasteiger partial charge in [-0.1, -0.05) is 12.1 Å². The molecule has 1 aromatic heterocycles. The fourth-order valence-electron chi connectivity index (χ4n) is 2.77. The molecule has 144 valence electrons. The molecule has 2 N–H and O–H groups in total. The minimum absolute atomic E-state index is 0.148. The Hall–Kier alpha value is -3.48. The zero-order valence-electron chi connectivity index (χ0n) is 15.8. The topological polar surface area (TPSA) is 70.2 Å². The molecule has 3 aromatic rings. The summed E-state index contributed by atoms with van der Waals surface area (Å²) in [6.45, 7) is 6.03. The van der Waals surface area contributed by atoms with Gasteiger partial charge in [0.15, 0.2) is 0 Å². The van der Waals surface area contributed by atoms with Crippen molar-refractivity contribution >= 4 is 28.9 Å². The van der Waals surface area contributed by atoms with Gasteiger partial charge in [-0.15, -0.1) is 0 Å². The number of para-hydroxylation sites is 1. The highest BCUT2D eigenvalue weighted by molar-refractivity contribution is 6.03. The summed E-state index contributed by atoms with van der Waals surface area (Å²) in [5.41, 5.74) is 2.19. The van der Waals surface area contributed by atoms with Crippen LogP contribution in [0.4, 0.5) is 27.4 Å². The Morgan fingerprint density at radius 2 is 1.75 bits per heavy atom. The molecule has 6 nitrogen and oxygen atoms in total. The number of carbonyl (C=O) groups is 1. The predicted octanol–water partition coefficient (Wildman–Crippen LogP) is 4.46. The van der Waals surface area contributed by atoms with Crippen LogP contribution >= 0.6 is 0 Å². The molecule has 3 rings (SSSR count). The summed E-state index contributed by atoms with van der Waals surface area (Å²) < 4.78 is 13.8. The van der Waals surface area contributed by atoms with Gasteiger partial charge in [-0.3, -0.25) is 4.79 Å². The third-order valence-electron chi connectivity index (χ3n) is 4.26. The average Bonchev–Trinajstić information content (AvgIpc) is 2.72. The van der Waals surface area contributed by atoms with Crippen molar-refractivity contribution in [3.63, 3.8) is 0 Å². The van der Waals surface area contributed by atoms with Crippen molar-refractivity contribution in [3.05, 3.63) is 72.3 Å². The van der Waals surface area contributed by atoms with Gasteiger partial charge in [-0.05, 0) is 56.3 Å². The quantitative estimate of drug-likeness (QED) is 0.634. The van der Waals surface area contributed by atoms with Crippen molar-refractivity contribution in [3.8, 4) is 0 Å². The molecular formula is C21H22FN5O. The molecule has 0 atom stereocenters. The van der Waals surface area contributed by atoms with Crippen LogP contribution in [-0.2, 0) is 0 Å². The van der Waals surface area contributed by atoms with E-state index in [2.05, 4.69) is 39.3 Å². The van der Waals surface area contributed by atoms with Gasteiger partial charge in [0.25, 0.3) is 5.91 Å². The summed E-state index contributed by atoms with van der Waals surface area (Å²) in [5, 5.41) is 5.59. The molecule has 0 spiro atoms. The lowest BCUT2D eigenvalue weighted by Gasteiger charge is -2.21. The number of carbonyl (C=O) groups excluding carboxylic acids is 1. The van der Waals surface area contributed by atoms with E-state index in [1.54, 1.807) is 18.2 Å². The lowest BCUT2D eigenvalue weighted by molar-refractivity contribution is 0.102. The highest BCUT2D eigenvalue weighted by Crippen LogP contribution is 2.19. The van der Waals surface area contributed by atoms with E-state index in [0.717, 1.165) is 18.8 Å². The number of halogens is 1. The lowest BCUT2D eigenvalue weighted by atomic mass is 10.2. The first-order valence-corrected chi connectivity index (χ1v) is 9.11. The molecule has 28 heavy (non-hydrogen) atoms. The molecule has 0 unspecified atom stereocenters. The monoisotopic (exact) mass is 379 g/mol.